The summed E-state index contributed by atoms with van der Waals surface area (Å²) in [5.74, 6) is -0.525. The smallest absolute Gasteiger partial charge is 0.318 e. The maximum atomic E-state index is 13.7. The van der Waals surface area contributed by atoms with Crippen molar-refractivity contribution in [3.05, 3.63) is 51.1 Å². The minimum absolute atomic E-state index is 0.115. The summed E-state index contributed by atoms with van der Waals surface area (Å²) in [5, 5.41) is 2.54. The number of fused-ring (bicyclic) bond motifs is 3. The zero-order valence-corrected chi connectivity index (χ0v) is 18.1. The molecular weight excluding hydrogens is 420 g/mol. The van der Waals surface area contributed by atoms with Gasteiger partial charge in [-0.1, -0.05) is 36.4 Å². The molecule has 1 atom stereocenters. The van der Waals surface area contributed by atoms with Crippen LogP contribution in [0.4, 0.5) is 4.79 Å². The van der Waals surface area contributed by atoms with E-state index in [0.29, 0.717) is 21.1 Å². The Morgan fingerprint density at radius 3 is 2.67 bits per heavy atom. The number of amides is 3. The van der Waals surface area contributed by atoms with Gasteiger partial charge >= 0.3 is 6.03 Å². The van der Waals surface area contributed by atoms with Gasteiger partial charge in [0.1, 0.15) is 4.83 Å². The monoisotopic (exact) mass is 442 g/mol. The minimum atomic E-state index is -0.904. The number of nitrogens with one attached hydrogen (secondary N) is 1. The van der Waals surface area contributed by atoms with Gasteiger partial charge in [0.05, 0.1) is 16.3 Å². The molecule has 0 saturated carbocycles. The van der Waals surface area contributed by atoms with Crippen LogP contribution in [0.25, 0.3) is 15.9 Å². The van der Waals surface area contributed by atoms with Gasteiger partial charge in [-0.05, 0) is 50.3 Å². The summed E-state index contributed by atoms with van der Waals surface area (Å²) < 4.78 is 1.57. The Morgan fingerprint density at radius 1 is 1.20 bits per heavy atom. The number of carbonyl (C=O) groups is 2. The molecule has 1 aromatic carbocycles. The number of carbonyl (C=O) groups excluding carboxylic acids is 2. The zero-order valence-electron chi connectivity index (χ0n) is 16.5. The number of primary amides is 1. The maximum Gasteiger partial charge on any atom is 0.318 e. The Kier molecular flexibility index (Phi) is 5.92. The second-order valence-electron chi connectivity index (χ2n) is 7.23. The highest BCUT2D eigenvalue weighted by Gasteiger charge is 2.25. The van der Waals surface area contributed by atoms with Crippen molar-refractivity contribution in [2.75, 3.05) is 0 Å². The Morgan fingerprint density at radius 2 is 1.93 bits per heavy atom. The number of thiophene rings is 1. The molecule has 0 unspecified atom stereocenters. The fraction of sp³-hybridized carbons (Fsp3) is 0.333. The number of nitrogens with two attached hydrogens (primary N) is 1. The average molecular weight is 443 g/mol. The minimum Gasteiger partial charge on any atom is -0.351 e. The third-order valence-corrected chi connectivity index (χ3v) is 7.36. The Hall–Kier alpha value is -2.65. The third kappa shape index (κ3) is 3.99. The SMILES string of the molecule is C[C@H](Sc1nc2sc3c(c2c(=O)n1-c1ccccc1)CCCCC3)C(=O)NC(N)=O. The lowest BCUT2D eigenvalue weighted by molar-refractivity contribution is -0.119. The van der Waals surface area contributed by atoms with Crippen LogP contribution in [0.15, 0.2) is 40.3 Å². The van der Waals surface area contributed by atoms with Crippen LogP contribution in [0.1, 0.15) is 36.6 Å². The first-order valence-electron chi connectivity index (χ1n) is 9.85. The van der Waals surface area contributed by atoms with Crippen LogP contribution in [-0.2, 0) is 17.6 Å². The van der Waals surface area contributed by atoms with Crippen molar-refractivity contribution in [1.82, 2.24) is 14.9 Å². The molecular formula is C21H22N4O3S2. The Balaban J connectivity index is 1.87. The molecule has 0 fully saturated rings. The number of benzene rings is 1. The summed E-state index contributed by atoms with van der Waals surface area (Å²) >= 11 is 2.71. The van der Waals surface area contributed by atoms with Gasteiger partial charge in [-0.2, -0.15) is 0 Å². The van der Waals surface area contributed by atoms with Crippen molar-refractivity contribution in [3.8, 4) is 5.69 Å². The summed E-state index contributed by atoms with van der Waals surface area (Å²) in [5.41, 5.74) is 6.77. The fourth-order valence-electron chi connectivity index (χ4n) is 3.68. The van der Waals surface area contributed by atoms with Gasteiger partial charge < -0.3 is 5.73 Å². The van der Waals surface area contributed by atoms with E-state index in [9.17, 15) is 14.4 Å². The number of thioether (sulfide) groups is 1. The molecule has 3 amide bonds. The van der Waals surface area contributed by atoms with Gasteiger partial charge in [0.15, 0.2) is 5.16 Å². The molecule has 3 aromatic rings. The summed E-state index contributed by atoms with van der Waals surface area (Å²) in [4.78, 5) is 43.7. The summed E-state index contributed by atoms with van der Waals surface area (Å²) in [6.07, 6.45) is 5.23. The standard InChI is InChI=1S/C21H22N4O3S2/c1-12(17(26)23-20(22)28)29-21-24-18-16(14-10-6-3-7-11-15(14)30-18)19(27)25(21)13-8-4-2-5-9-13/h2,4-5,8-9,12H,3,6-7,10-11H2,1H3,(H3,22,23,26,28)/t12-/m0/s1. The lowest BCUT2D eigenvalue weighted by Crippen LogP contribution is -2.39. The second-order valence-corrected chi connectivity index (χ2v) is 9.62. The van der Waals surface area contributed by atoms with E-state index in [-0.39, 0.29) is 5.56 Å². The van der Waals surface area contributed by atoms with Gasteiger partial charge in [-0.3, -0.25) is 19.5 Å². The van der Waals surface area contributed by atoms with Gasteiger partial charge in [-0.25, -0.2) is 9.78 Å². The molecule has 0 radical (unpaired) electrons. The van der Waals surface area contributed by atoms with Crippen molar-refractivity contribution in [1.29, 1.82) is 0 Å². The van der Waals surface area contributed by atoms with E-state index in [1.165, 1.54) is 11.3 Å². The lowest BCUT2D eigenvalue weighted by atomic mass is 10.1. The fourth-order valence-corrected chi connectivity index (χ4v) is 5.91. The van der Waals surface area contributed by atoms with Crippen molar-refractivity contribution < 1.29 is 9.59 Å². The topological polar surface area (TPSA) is 107 Å². The van der Waals surface area contributed by atoms with E-state index >= 15 is 0 Å². The predicted octanol–water partition coefficient (Wildman–Crippen LogP) is 3.39. The van der Waals surface area contributed by atoms with Crippen LogP contribution in [0, 0.1) is 0 Å². The normalized spacial score (nSPS) is 14.7. The molecule has 0 spiro atoms. The van der Waals surface area contributed by atoms with Crippen LogP contribution >= 0.6 is 23.1 Å². The molecule has 3 N–H and O–H groups in total. The lowest BCUT2D eigenvalue weighted by Gasteiger charge is -2.15. The molecule has 30 heavy (non-hydrogen) atoms. The largest absolute Gasteiger partial charge is 0.351 e. The summed E-state index contributed by atoms with van der Waals surface area (Å²) in [6, 6.07) is 8.39. The highest BCUT2D eigenvalue weighted by Crippen LogP contribution is 2.35. The number of hydrogen-bond acceptors (Lipinski definition) is 6. The first kappa shape index (κ1) is 20.6. The average Bonchev–Trinajstić information content (AvgIpc) is 2.89. The predicted molar refractivity (Wildman–Crippen MR) is 120 cm³/mol. The van der Waals surface area contributed by atoms with Crippen molar-refractivity contribution >= 4 is 45.3 Å². The number of urea groups is 1. The van der Waals surface area contributed by atoms with E-state index in [0.717, 1.165) is 43.0 Å². The highest BCUT2D eigenvalue weighted by molar-refractivity contribution is 8.00. The number of aromatic nitrogens is 2. The van der Waals surface area contributed by atoms with Crippen LogP contribution in [0.5, 0.6) is 0 Å². The molecule has 1 aliphatic carbocycles. The summed E-state index contributed by atoms with van der Waals surface area (Å²) in [6.45, 7) is 1.65. The van der Waals surface area contributed by atoms with Crippen LogP contribution in [0.3, 0.4) is 0 Å². The molecule has 2 aromatic heterocycles. The first-order valence-corrected chi connectivity index (χ1v) is 11.5. The Labute approximate surface area is 181 Å². The zero-order chi connectivity index (χ0) is 21.3. The highest BCUT2D eigenvalue weighted by atomic mass is 32.2. The van der Waals surface area contributed by atoms with E-state index in [1.807, 2.05) is 30.3 Å². The van der Waals surface area contributed by atoms with Gasteiger partial charge in [0.2, 0.25) is 5.91 Å². The number of hydrogen-bond donors (Lipinski definition) is 2. The maximum absolute atomic E-state index is 13.7. The van der Waals surface area contributed by atoms with E-state index < -0.39 is 17.2 Å². The van der Waals surface area contributed by atoms with E-state index in [2.05, 4.69) is 5.32 Å². The van der Waals surface area contributed by atoms with Crippen molar-refractivity contribution in [3.63, 3.8) is 0 Å². The third-order valence-electron chi connectivity index (χ3n) is 5.12. The molecule has 0 aliphatic heterocycles. The first-order chi connectivity index (χ1) is 14.5. The van der Waals surface area contributed by atoms with Crippen molar-refractivity contribution in [2.24, 2.45) is 5.73 Å². The number of nitrogens with zero attached hydrogens (tertiary/aromatic N) is 2. The molecule has 2 heterocycles. The van der Waals surface area contributed by atoms with Gasteiger partial charge in [0, 0.05) is 4.88 Å². The molecule has 9 heteroatoms. The molecule has 1 aliphatic rings. The van der Waals surface area contributed by atoms with E-state index in [4.69, 9.17) is 10.7 Å². The number of aryl methyl sites for hydroxylation is 2. The van der Waals surface area contributed by atoms with Crippen LogP contribution in [0.2, 0.25) is 0 Å². The molecule has 7 nitrogen and oxygen atoms in total. The molecule has 4 rings (SSSR count). The molecule has 0 saturated heterocycles. The number of rotatable bonds is 4. The van der Waals surface area contributed by atoms with Gasteiger partial charge in [-0.15, -0.1) is 11.3 Å². The summed E-state index contributed by atoms with van der Waals surface area (Å²) in [7, 11) is 0. The quantitative estimate of drug-likeness (QED) is 0.366. The van der Waals surface area contributed by atoms with Crippen LogP contribution in [-0.4, -0.2) is 26.7 Å². The van der Waals surface area contributed by atoms with E-state index in [1.54, 1.807) is 22.8 Å². The molecule has 0 bridgehead atoms. The molecule has 156 valence electrons. The Bertz CT molecular complexity index is 1170. The number of imide groups is 1. The van der Waals surface area contributed by atoms with Gasteiger partial charge in [0.25, 0.3) is 5.56 Å². The number of para-hydroxylation sites is 1. The second kappa shape index (κ2) is 8.61. The van der Waals surface area contributed by atoms with Crippen molar-refractivity contribution in [2.45, 2.75) is 49.4 Å². The van der Waals surface area contributed by atoms with Crippen LogP contribution < -0.4 is 16.6 Å².